The maximum Gasteiger partial charge on any atom is 0.229 e. The second-order valence-corrected chi connectivity index (χ2v) is 5.20. The molecule has 0 bridgehead atoms. The molecule has 1 aliphatic heterocycles. The van der Waals surface area contributed by atoms with Crippen LogP contribution in [0.15, 0.2) is 24.4 Å². The van der Waals surface area contributed by atoms with Gasteiger partial charge in [0.05, 0.1) is 18.7 Å². The fourth-order valence-electron chi connectivity index (χ4n) is 2.43. The number of hydrogen-bond donors (Lipinski definition) is 1. The second-order valence-electron chi connectivity index (χ2n) is 5.20. The third-order valence-corrected chi connectivity index (χ3v) is 3.62. The third-order valence-electron chi connectivity index (χ3n) is 3.62. The summed E-state index contributed by atoms with van der Waals surface area (Å²) in [5.74, 6) is 0.857. The number of rotatable bonds is 3. The summed E-state index contributed by atoms with van der Waals surface area (Å²) < 4.78 is 7.31. The molecule has 2 heterocycles. The van der Waals surface area contributed by atoms with Crippen molar-refractivity contribution in [1.82, 2.24) is 19.9 Å². The lowest BCUT2D eigenvalue weighted by atomic mass is 10.1. The summed E-state index contributed by atoms with van der Waals surface area (Å²) in [5.41, 5.74) is 1.47. The molecule has 0 unspecified atom stereocenters. The molecule has 1 aromatic carbocycles. The van der Waals surface area contributed by atoms with Crippen molar-refractivity contribution >= 4 is 5.91 Å². The highest BCUT2D eigenvalue weighted by Crippen LogP contribution is 2.27. The topological polar surface area (TPSA) is 80.5 Å². The van der Waals surface area contributed by atoms with E-state index in [1.807, 2.05) is 6.92 Å². The van der Waals surface area contributed by atoms with Gasteiger partial charge in [0.25, 0.3) is 0 Å². The standard InChI is InChI=1S/C15H18N4O3/c1-2-19-10-12(16-17-19)8-15(21)18-5-6-22-14-4-3-13(20)7-11(14)9-18/h3-4,7,10,20H,2,5-6,8-9H2,1H3. The fourth-order valence-corrected chi connectivity index (χ4v) is 2.43. The molecular formula is C15H18N4O3. The van der Waals surface area contributed by atoms with Crippen LogP contribution in [-0.2, 0) is 24.3 Å². The largest absolute Gasteiger partial charge is 0.508 e. The van der Waals surface area contributed by atoms with Gasteiger partial charge in [0.1, 0.15) is 18.1 Å². The average molecular weight is 302 g/mol. The third kappa shape index (κ3) is 3.03. The van der Waals surface area contributed by atoms with Crippen molar-refractivity contribution in [3.8, 4) is 11.5 Å². The van der Waals surface area contributed by atoms with E-state index in [0.717, 1.165) is 12.1 Å². The van der Waals surface area contributed by atoms with Crippen molar-refractivity contribution in [2.45, 2.75) is 26.4 Å². The van der Waals surface area contributed by atoms with Gasteiger partial charge >= 0.3 is 0 Å². The van der Waals surface area contributed by atoms with Crippen LogP contribution in [-0.4, -0.2) is 44.1 Å². The van der Waals surface area contributed by atoms with E-state index in [-0.39, 0.29) is 18.1 Å². The normalized spacial score (nSPS) is 14.1. The van der Waals surface area contributed by atoms with Crippen molar-refractivity contribution in [3.05, 3.63) is 35.7 Å². The quantitative estimate of drug-likeness (QED) is 0.913. The maximum absolute atomic E-state index is 12.4. The van der Waals surface area contributed by atoms with Crippen molar-refractivity contribution < 1.29 is 14.6 Å². The molecule has 22 heavy (non-hydrogen) atoms. The molecule has 0 aliphatic carbocycles. The molecule has 1 aliphatic rings. The van der Waals surface area contributed by atoms with Gasteiger partial charge in [-0.25, -0.2) is 0 Å². The Hall–Kier alpha value is -2.57. The first-order valence-electron chi connectivity index (χ1n) is 7.27. The van der Waals surface area contributed by atoms with E-state index in [1.54, 1.807) is 34.0 Å². The molecule has 0 fully saturated rings. The Kier molecular flexibility index (Phi) is 3.95. The molecular weight excluding hydrogens is 284 g/mol. The summed E-state index contributed by atoms with van der Waals surface area (Å²) in [5, 5.41) is 17.5. The summed E-state index contributed by atoms with van der Waals surface area (Å²) in [6.45, 7) is 4.06. The van der Waals surface area contributed by atoms with Crippen LogP contribution in [0.25, 0.3) is 0 Å². The highest BCUT2D eigenvalue weighted by Gasteiger charge is 2.21. The zero-order valence-electron chi connectivity index (χ0n) is 12.4. The molecule has 0 saturated carbocycles. The summed E-state index contributed by atoms with van der Waals surface area (Å²) >= 11 is 0. The van der Waals surface area contributed by atoms with Gasteiger partial charge in [-0.2, -0.15) is 0 Å². The van der Waals surface area contributed by atoms with Gasteiger partial charge in [-0.1, -0.05) is 5.21 Å². The summed E-state index contributed by atoms with van der Waals surface area (Å²) in [4.78, 5) is 14.2. The number of aryl methyl sites for hydroxylation is 1. The van der Waals surface area contributed by atoms with Gasteiger partial charge in [-0.15, -0.1) is 5.10 Å². The number of ether oxygens (including phenoxy) is 1. The van der Waals surface area contributed by atoms with Gasteiger partial charge in [-0.3, -0.25) is 9.48 Å². The van der Waals surface area contributed by atoms with E-state index in [4.69, 9.17) is 4.74 Å². The molecule has 0 atom stereocenters. The lowest BCUT2D eigenvalue weighted by molar-refractivity contribution is -0.131. The predicted octanol–water partition coefficient (Wildman–Crippen LogP) is 0.967. The second kappa shape index (κ2) is 6.05. The number of benzene rings is 1. The van der Waals surface area contributed by atoms with Gasteiger partial charge in [0, 0.05) is 24.8 Å². The van der Waals surface area contributed by atoms with Crippen LogP contribution in [0.1, 0.15) is 18.2 Å². The number of aromatic nitrogens is 3. The first kappa shape index (κ1) is 14.4. The van der Waals surface area contributed by atoms with Crippen LogP contribution in [0.2, 0.25) is 0 Å². The summed E-state index contributed by atoms with van der Waals surface area (Å²) in [6.07, 6.45) is 2.00. The van der Waals surface area contributed by atoms with E-state index in [0.29, 0.717) is 31.1 Å². The van der Waals surface area contributed by atoms with E-state index >= 15 is 0 Å². The molecule has 1 aromatic heterocycles. The van der Waals surface area contributed by atoms with Gasteiger partial charge in [-0.05, 0) is 25.1 Å². The van der Waals surface area contributed by atoms with Crippen LogP contribution in [0.4, 0.5) is 0 Å². The Labute approximate surface area is 128 Å². The molecule has 7 heteroatoms. The molecule has 1 amide bonds. The maximum atomic E-state index is 12.4. The number of phenolic OH excluding ortho intramolecular Hbond substituents is 1. The van der Waals surface area contributed by atoms with Crippen molar-refractivity contribution in [1.29, 1.82) is 0 Å². The van der Waals surface area contributed by atoms with Crippen LogP contribution < -0.4 is 4.74 Å². The lowest BCUT2D eigenvalue weighted by Gasteiger charge is -2.19. The zero-order chi connectivity index (χ0) is 15.5. The van der Waals surface area contributed by atoms with Crippen LogP contribution in [0, 0.1) is 0 Å². The zero-order valence-corrected chi connectivity index (χ0v) is 12.4. The Bertz CT molecular complexity index is 683. The Balaban J connectivity index is 1.72. The summed E-state index contributed by atoms with van der Waals surface area (Å²) in [7, 11) is 0. The van der Waals surface area contributed by atoms with E-state index in [1.165, 1.54) is 0 Å². The highest BCUT2D eigenvalue weighted by atomic mass is 16.5. The van der Waals surface area contributed by atoms with Crippen molar-refractivity contribution in [2.75, 3.05) is 13.2 Å². The van der Waals surface area contributed by atoms with Crippen molar-refractivity contribution in [3.63, 3.8) is 0 Å². The first-order valence-corrected chi connectivity index (χ1v) is 7.27. The van der Waals surface area contributed by atoms with Crippen molar-refractivity contribution in [2.24, 2.45) is 0 Å². The first-order chi connectivity index (χ1) is 10.7. The molecule has 1 N–H and O–H groups in total. The number of nitrogens with zero attached hydrogens (tertiary/aromatic N) is 4. The van der Waals surface area contributed by atoms with Crippen LogP contribution >= 0.6 is 0 Å². The van der Waals surface area contributed by atoms with Gasteiger partial charge < -0.3 is 14.7 Å². The molecule has 7 nitrogen and oxygen atoms in total. The minimum Gasteiger partial charge on any atom is -0.508 e. The number of phenols is 1. The Morgan fingerprint density at radius 2 is 2.32 bits per heavy atom. The lowest BCUT2D eigenvalue weighted by Crippen LogP contribution is -2.33. The minimum atomic E-state index is -0.0251. The highest BCUT2D eigenvalue weighted by molar-refractivity contribution is 5.78. The molecule has 2 aromatic rings. The van der Waals surface area contributed by atoms with Crippen LogP contribution in [0.5, 0.6) is 11.5 Å². The fraction of sp³-hybridized carbons (Fsp3) is 0.400. The molecule has 0 spiro atoms. The number of fused-ring (bicyclic) bond motifs is 1. The minimum absolute atomic E-state index is 0.0251. The molecule has 116 valence electrons. The number of amides is 1. The number of aromatic hydroxyl groups is 1. The number of carbonyl (C=O) groups is 1. The number of hydrogen-bond acceptors (Lipinski definition) is 5. The Morgan fingerprint density at radius 3 is 3.09 bits per heavy atom. The molecule has 0 saturated heterocycles. The Morgan fingerprint density at radius 1 is 1.45 bits per heavy atom. The van der Waals surface area contributed by atoms with Crippen LogP contribution in [0.3, 0.4) is 0 Å². The average Bonchev–Trinajstić information content (AvgIpc) is 2.85. The van der Waals surface area contributed by atoms with E-state index in [2.05, 4.69) is 10.3 Å². The molecule has 3 rings (SSSR count). The number of carbonyl (C=O) groups excluding carboxylic acids is 1. The van der Waals surface area contributed by atoms with Gasteiger partial charge in [0.15, 0.2) is 0 Å². The van der Waals surface area contributed by atoms with E-state index in [9.17, 15) is 9.90 Å². The van der Waals surface area contributed by atoms with Gasteiger partial charge in [0.2, 0.25) is 5.91 Å². The van der Waals surface area contributed by atoms with E-state index < -0.39 is 0 Å². The molecule has 0 radical (unpaired) electrons. The summed E-state index contributed by atoms with van der Waals surface area (Å²) in [6, 6.07) is 4.94. The monoisotopic (exact) mass is 302 g/mol. The smallest absolute Gasteiger partial charge is 0.229 e. The predicted molar refractivity (Wildman–Crippen MR) is 78.4 cm³/mol. The SMILES string of the molecule is CCn1cc(CC(=O)N2CCOc3ccc(O)cc3C2)nn1.